The van der Waals surface area contributed by atoms with Crippen LogP contribution in [0.2, 0.25) is 0 Å². The van der Waals surface area contributed by atoms with Crippen LogP contribution in [0, 0.1) is 12.7 Å². The van der Waals surface area contributed by atoms with Crippen LogP contribution in [0.5, 0.6) is 5.75 Å². The molecular formula is C22H23FN2O2. The zero-order valence-electron chi connectivity index (χ0n) is 15.9. The quantitative estimate of drug-likeness (QED) is 0.709. The van der Waals surface area contributed by atoms with Crippen LogP contribution in [0.4, 0.5) is 4.39 Å². The highest BCUT2D eigenvalue weighted by Crippen LogP contribution is 2.31. The van der Waals surface area contributed by atoms with E-state index < -0.39 is 0 Å². The number of carbonyl (C=O) groups excluding carboxylic acids is 1. The maximum Gasteiger partial charge on any atom is 0.253 e. The Morgan fingerprint density at radius 1 is 1.11 bits per heavy atom. The Bertz CT molecular complexity index is 959. The number of hydrogen-bond acceptors (Lipinski definition) is 2. The Morgan fingerprint density at radius 2 is 1.78 bits per heavy atom. The summed E-state index contributed by atoms with van der Waals surface area (Å²) in [6, 6.07) is 15.9. The molecule has 0 aliphatic heterocycles. The lowest BCUT2D eigenvalue weighted by Crippen LogP contribution is -2.30. The third kappa shape index (κ3) is 3.72. The van der Waals surface area contributed by atoms with E-state index in [1.807, 2.05) is 45.0 Å². The molecule has 1 aromatic heterocycles. The molecule has 0 saturated heterocycles. The molecule has 5 heteroatoms. The van der Waals surface area contributed by atoms with Crippen LogP contribution >= 0.6 is 0 Å². The number of benzene rings is 2. The molecule has 0 bridgehead atoms. The largest absolute Gasteiger partial charge is 0.497 e. The summed E-state index contributed by atoms with van der Waals surface area (Å²) < 4.78 is 21.6. The van der Waals surface area contributed by atoms with Crippen molar-refractivity contribution in [2.24, 2.45) is 0 Å². The molecule has 0 fully saturated rings. The fraction of sp³-hybridized carbons (Fsp3) is 0.227. The first kappa shape index (κ1) is 18.7. The molecule has 3 aromatic rings. The molecule has 0 saturated carbocycles. The predicted molar refractivity (Wildman–Crippen MR) is 105 cm³/mol. The second kappa shape index (κ2) is 7.66. The number of rotatable bonds is 5. The monoisotopic (exact) mass is 366 g/mol. The minimum Gasteiger partial charge on any atom is -0.497 e. The summed E-state index contributed by atoms with van der Waals surface area (Å²) in [7, 11) is 1.61. The van der Waals surface area contributed by atoms with Gasteiger partial charge in [-0.1, -0.05) is 12.1 Å². The van der Waals surface area contributed by atoms with Crippen molar-refractivity contribution in [3.05, 3.63) is 71.7 Å². The Hall–Kier alpha value is -3.08. The van der Waals surface area contributed by atoms with Gasteiger partial charge in [0.1, 0.15) is 11.6 Å². The van der Waals surface area contributed by atoms with Gasteiger partial charge in [-0.3, -0.25) is 4.79 Å². The van der Waals surface area contributed by atoms with Crippen LogP contribution in [0.15, 0.2) is 54.6 Å². The topological polar surface area (TPSA) is 43.3 Å². The van der Waals surface area contributed by atoms with Gasteiger partial charge in [0, 0.05) is 11.7 Å². The van der Waals surface area contributed by atoms with Crippen LogP contribution in [-0.4, -0.2) is 23.6 Å². The lowest BCUT2D eigenvalue weighted by atomic mass is 10.1. The van der Waals surface area contributed by atoms with Crippen molar-refractivity contribution in [1.82, 2.24) is 9.88 Å². The minimum atomic E-state index is -0.346. The summed E-state index contributed by atoms with van der Waals surface area (Å²) in [5.41, 5.74) is 3.23. The zero-order chi connectivity index (χ0) is 19.6. The summed E-state index contributed by atoms with van der Waals surface area (Å²) in [4.78, 5) is 12.7. The number of nitrogens with zero attached hydrogens (tertiary/aromatic N) is 1. The van der Waals surface area contributed by atoms with Gasteiger partial charge in [-0.2, -0.15) is 0 Å². The number of aromatic nitrogens is 1. The Kier molecular flexibility index (Phi) is 5.31. The summed E-state index contributed by atoms with van der Waals surface area (Å²) in [6.07, 6.45) is 0. The third-order valence-electron chi connectivity index (χ3n) is 4.39. The Labute approximate surface area is 158 Å². The molecule has 27 heavy (non-hydrogen) atoms. The number of halogens is 1. The van der Waals surface area contributed by atoms with E-state index in [4.69, 9.17) is 4.74 Å². The van der Waals surface area contributed by atoms with Gasteiger partial charge >= 0.3 is 0 Å². The van der Waals surface area contributed by atoms with Crippen molar-refractivity contribution in [2.45, 2.75) is 26.8 Å². The normalized spacial score (nSPS) is 10.9. The van der Waals surface area contributed by atoms with Crippen LogP contribution in [0.1, 0.15) is 29.9 Å². The molecular weight excluding hydrogens is 343 g/mol. The highest BCUT2D eigenvalue weighted by atomic mass is 19.1. The molecule has 0 unspecified atom stereocenters. The molecule has 0 spiro atoms. The van der Waals surface area contributed by atoms with Crippen LogP contribution in [0.25, 0.3) is 16.9 Å². The van der Waals surface area contributed by atoms with E-state index in [2.05, 4.69) is 5.32 Å². The van der Waals surface area contributed by atoms with E-state index in [0.29, 0.717) is 16.9 Å². The van der Waals surface area contributed by atoms with E-state index in [9.17, 15) is 9.18 Å². The summed E-state index contributed by atoms with van der Waals surface area (Å²) >= 11 is 0. The Balaban J connectivity index is 2.21. The molecule has 1 N–H and O–H groups in total. The minimum absolute atomic E-state index is 0.0122. The van der Waals surface area contributed by atoms with Crippen molar-refractivity contribution in [3.8, 4) is 22.7 Å². The molecule has 1 amide bonds. The maximum absolute atomic E-state index is 14.5. The number of amides is 1. The standard InChI is InChI=1S/C22H23FN2O2/c1-14(2)24-22(26)18-13-21(16-9-11-17(27-4)12-10-16)25(15(18)3)20-8-6-5-7-19(20)23/h5-14H,1-4H3,(H,24,26). The van der Waals surface area contributed by atoms with Gasteiger partial charge in [0.15, 0.2) is 0 Å². The van der Waals surface area contributed by atoms with Gasteiger partial charge in [-0.05, 0) is 68.8 Å². The first-order valence-electron chi connectivity index (χ1n) is 8.85. The van der Waals surface area contributed by atoms with Gasteiger partial charge in [-0.25, -0.2) is 4.39 Å². The van der Waals surface area contributed by atoms with E-state index in [1.165, 1.54) is 6.07 Å². The molecule has 0 radical (unpaired) electrons. The summed E-state index contributed by atoms with van der Waals surface area (Å²) in [5, 5.41) is 2.91. The summed E-state index contributed by atoms with van der Waals surface area (Å²) in [5.74, 6) is 0.214. The maximum atomic E-state index is 14.5. The van der Waals surface area contributed by atoms with E-state index in [-0.39, 0.29) is 17.8 Å². The van der Waals surface area contributed by atoms with Crippen molar-refractivity contribution in [2.75, 3.05) is 7.11 Å². The van der Waals surface area contributed by atoms with Crippen molar-refractivity contribution >= 4 is 5.91 Å². The van der Waals surface area contributed by atoms with Gasteiger partial charge < -0.3 is 14.6 Å². The zero-order valence-corrected chi connectivity index (χ0v) is 15.9. The Morgan fingerprint density at radius 3 is 2.37 bits per heavy atom. The van der Waals surface area contributed by atoms with Crippen molar-refractivity contribution < 1.29 is 13.9 Å². The van der Waals surface area contributed by atoms with E-state index in [0.717, 1.165) is 17.0 Å². The number of methoxy groups -OCH3 is 1. The second-order valence-corrected chi connectivity index (χ2v) is 6.67. The molecule has 2 aromatic carbocycles. The number of carbonyl (C=O) groups is 1. The highest BCUT2D eigenvalue weighted by Gasteiger charge is 2.21. The number of ether oxygens (including phenoxy) is 1. The van der Waals surface area contributed by atoms with Gasteiger partial charge in [0.2, 0.25) is 0 Å². The fourth-order valence-electron chi connectivity index (χ4n) is 3.09. The second-order valence-electron chi connectivity index (χ2n) is 6.67. The van der Waals surface area contributed by atoms with Gasteiger partial charge in [0.05, 0.1) is 24.1 Å². The molecule has 3 rings (SSSR count). The molecule has 1 heterocycles. The SMILES string of the molecule is COc1ccc(-c2cc(C(=O)NC(C)C)c(C)n2-c2ccccc2F)cc1. The molecule has 0 aliphatic carbocycles. The average Bonchev–Trinajstić information content (AvgIpc) is 2.99. The van der Waals surface area contributed by atoms with Crippen molar-refractivity contribution in [3.63, 3.8) is 0 Å². The van der Waals surface area contributed by atoms with Crippen molar-refractivity contribution in [1.29, 1.82) is 0 Å². The van der Waals surface area contributed by atoms with Crippen LogP contribution in [0.3, 0.4) is 0 Å². The smallest absolute Gasteiger partial charge is 0.253 e. The van der Waals surface area contributed by atoms with E-state index in [1.54, 1.807) is 35.9 Å². The van der Waals surface area contributed by atoms with Gasteiger partial charge in [0.25, 0.3) is 5.91 Å². The highest BCUT2D eigenvalue weighted by molar-refractivity contribution is 5.97. The van der Waals surface area contributed by atoms with Crippen LogP contribution < -0.4 is 10.1 Å². The first-order valence-corrected chi connectivity index (χ1v) is 8.85. The van der Waals surface area contributed by atoms with Gasteiger partial charge in [-0.15, -0.1) is 0 Å². The lowest BCUT2D eigenvalue weighted by Gasteiger charge is -2.14. The number of nitrogens with one attached hydrogen (secondary N) is 1. The molecule has 0 aliphatic rings. The average molecular weight is 366 g/mol. The predicted octanol–water partition coefficient (Wildman–Crippen LogP) is 4.74. The number of hydrogen-bond donors (Lipinski definition) is 1. The van der Waals surface area contributed by atoms with E-state index >= 15 is 0 Å². The molecule has 140 valence electrons. The molecule has 0 atom stereocenters. The lowest BCUT2D eigenvalue weighted by molar-refractivity contribution is 0.0942. The fourth-order valence-corrected chi connectivity index (χ4v) is 3.09. The first-order chi connectivity index (χ1) is 12.9. The third-order valence-corrected chi connectivity index (χ3v) is 4.39. The number of para-hydroxylation sites is 1. The van der Waals surface area contributed by atoms with Crippen LogP contribution in [-0.2, 0) is 0 Å². The summed E-state index contributed by atoms with van der Waals surface area (Å²) in [6.45, 7) is 5.64. The molecule has 4 nitrogen and oxygen atoms in total.